The Morgan fingerprint density at radius 2 is 1.85 bits per heavy atom. The van der Waals surface area contributed by atoms with Crippen molar-refractivity contribution < 1.29 is 14.1 Å². The molecule has 3 rings (SSSR count). The Labute approximate surface area is 158 Å². The predicted octanol–water partition coefficient (Wildman–Crippen LogP) is 5.82. The minimum Gasteiger partial charge on any atom is -0.456 e. The molecule has 0 aliphatic carbocycles. The van der Waals surface area contributed by atoms with Gasteiger partial charge in [-0.2, -0.15) is 0 Å². The van der Waals surface area contributed by atoms with E-state index in [0.29, 0.717) is 22.6 Å². The van der Waals surface area contributed by atoms with Crippen LogP contribution in [0, 0.1) is 17.0 Å². The number of allylic oxidation sites excluding steroid dienone is 1. The van der Waals surface area contributed by atoms with Crippen LogP contribution in [0.1, 0.15) is 21.7 Å². The van der Waals surface area contributed by atoms with Gasteiger partial charge in [0, 0.05) is 16.1 Å². The van der Waals surface area contributed by atoms with E-state index in [4.69, 9.17) is 4.42 Å². The monoisotopic (exact) mass is 411 g/mol. The third-order valence-corrected chi connectivity index (χ3v) is 4.30. The van der Waals surface area contributed by atoms with Crippen molar-refractivity contribution in [1.29, 1.82) is 0 Å². The van der Waals surface area contributed by atoms with Crippen molar-refractivity contribution >= 4 is 33.5 Å². The molecule has 0 saturated heterocycles. The largest absolute Gasteiger partial charge is 0.456 e. The second-order valence-corrected chi connectivity index (χ2v) is 6.60. The van der Waals surface area contributed by atoms with Crippen molar-refractivity contribution in [3.05, 3.63) is 92.1 Å². The average molecular weight is 412 g/mol. The van der Waals surface area contributed by atoms with Gasteiger partial charge in [0.2, 0.25) is 0 Å². The van der Waals surface area contributed by atoms with Crippen LogP contribution in [-0.2, 0) is 0 Å². The summed E-state index contributed by atoms with van der Waals surface area (Å²) in [6, 6.07) is 15.3. The number of aryl methyl sites for hydroxylation is 1. The first-order valence-corrected chi connectivity index (χ1v) is 8.56. The molecule has 26 heavy (non-hydrogen) atoms. The summed E-state index contributed by atoms with van der Waals surface area (Å²) < 4.78 is 6.55. The van der Waals surface area contributed by atoms with E-state index >= 15 is 0 Å². The van der Waals surface area contributed by atoms with Crippen molar-refractivity contribution in [3.63, 3.8) is 0 Å². The summed E-state index contributed by atoms with van der Waals surface area (Å²) >= 11 is 3.32. The van der Waals surface area contributed by atoms with Crippen LogP contribution < -0.4 is 0 Å². The van der Waals surface area contributed by atoms with Crippen LogP contribution in [0.2, 0.25) is 0 Å². The zero-order chi connectivity index (χ0) is 18.7. The van der Waals surface area contributed by atoms with Crippen LogP contribution >= 0.6 is 15.9 Å². The molecule has 0 saturated carbocycles. The molecule has 6 heteroatoms. The quantitative estimate of drug-likeness (QED) is 0.229. The number of rotatable bonds is 5. The fourth-order valence-electron chi connectivity index (χ4n) is 2.46. The van der Waals surface area contributed by atoms with Gasteiger partial charge in [0.15, 0.2) is 5.78 Å². The normalized spacial score (nSPS) is 11.0. The van der Waals surface area contributed by atoms with Gasteiger partial charge in [-0.15, -0.1) is 0 Å². The first kappa shape index (κ1) is 17.8. The minimum atomic E-state index is -0.433. The molecule has 0 bridgehead atoms. The van der Waals surface area contributed by atoms with Gasteiger partial charge in [-0.1, -0.05) is 22.0 Å². The SMILES string of the molecule is Cc1ccc(-c2ccc(/C=C/C(=O)c3ccc(Br)cc3)o2)c([N+](=O)[O-])c1. The molecule has 2 aromatic carbocycles. The van der Waals surface area contributed by atoms with Gasteiger partial charge in [0.05, 0.1) is 10.5 Å². The van der Waals surface area contributed by atoms with Gasteiger partial charge in [-0.25, -0.2) is 0 Å². The van der Waals surface area contributed by atoms with Gasteiger partial charge in [-0.3, -0.25) is 14.9 Å². The number of carbonyl (C=O) groups is 1. The molecule has 1 aromatic heterocycles. The average Bonchev–Trinajstić information content (AvgIpc) is 3.09. The standard InChI is InChI=1S/C20H14BrNO4/c1-13-2-9-17(18(12-13)22(24)25)20-11-8-16(26-20)7-10-19(23)14-3-5-15(21)6-4-14/h2-12H,1H3/b10-7+. The van der Waals surface area contributed by atoms with E-state index in [2.05, 4.69) is 15.9 Å². The maximum absolute atomic E-state index is 12.2. The molecule has 0 amide bonds. The molecule has 0 aliphatic rings. The minimum absolute atomic E-state index is 0.0131. The smallest absolute Gasteiger partial charge is 0.280 e. The molecule has 130 valence electrons. The lowest BCUT2D eigenvalue weighted by Gasteiger charge is -2.01. The Kier molecular flexibility index (Phi) is 5.14. The Hall–Kier alpha value is -2.99. The summed E-state index contributed by atoms with van der Waals surface area (Å²) in [6.45, 7) is 1.79. The van der Waals surface area contributed by atoms with Crippen molar-refractivity contribution in [3.8, 4) is 11.3 Å². The Morgan fingerprint density at radius 1 is 1.12 bits per heavy atom. The highest BCUT2D eigenvalue weighted by Gasteiger charge is 2.18. The van der Waals surface area contributed by atoms with Gasteiger partial charge >= 0.3 is 0 Å². The Morgan fingerprint density at radius 3 is 2.54 bits per heavy atom. The maximum Gasteiger partial charge on any atom is 0.280 e. The fourth-order valence-corrected chi connectivity index (χ4v) is 2.72. The number of ketones is 1. The van der Waals surface area contributed by atoms with Crippen molar-refractivity contribution in [2.24, 2.45) is 0 Å². The second kappa shape index (κ2) is 7.49. The molecule has 0 aliphatic heterocycles. The zero-order valence-electron chi connectivity index (χ0n) is 13.8. The van der Waals surface area contributed by atoms with Crippen LogP contribution in [0.25, 0.3) is 17.4 Å². The summed E-state index contributed by atoms with van der Waals surface area (Å²) in [7, 11) is 0. The van der Waals surface area contributed by atoms with Crippen molar-refractivity contribution in [1.82, 2.24) is 0 Å². The van der Waals surface area contributed by atoms with E-state index < -0.39 is 4.92 Å². The number of benzene rings is 2. The lowest BCUT2D eigenvalue weighted by molar-refractivity contribution is -0.384. The van der Waals surface area contributed by atoms with Crippen LogP contribution in [0.5, 0.6) is 0 Å². The predicted molar refractivity (Wildman–Crippen MR) is 103 cm³/mol. The number of nitro groups is 1. The molecule has 0 radical (unpaired) electrons. The molecule has 1 heterocycles. The van der Waals surface area contributed by atoms with E-state index in [1.165, 1.54) is 12.1 Å². The van der Waals surface area contributed by atoms with Crippen LogP contribution in [-0.4, -0.2) is 10.7 Å². The number of carbonyl (C=O) groups excluding carboxylic acids is 1. The summed E-state index contributed by atoms with van der Waals surface area (Å²) in [4.78, 5) is 23.0. The van der Waals surface area contributed by atoms with Gasteiger partial charge in [-0.05, 0) is 67.1 Å². The van der Waals surface area contributed by atoms with E-state index in [-0.39, 0.29) is 11.5 Å². The van der Waals surface area contributed by atoms with E-state index in [0.717, 1.165) is 10.0 Å². The van der Waals surface area contributed by atoms with Gasteiger partial charge in [0.25, 0.3) is 5.69 Å². The number of halogens is 1. The number of hydrogen-bond donors (Lipinski definition) is 0. The summed E-state index contributed by atoms with van der Waals surface area (Å²) in [5.41, 5.74) is 1.75. The molecule has 0 spiro atoms. The van der Waals surface area contributed by atoms with Crippen molar-refractivity contribution in [2.45, 2.75) is 6.92 Å². The molecule has 0 atom stereocenters. The lowest BCUT2D eigenvalue weighted by Crippen LogP contribution is -1.93. The second-order valence-electron chi connectivity index (χ2n) is 5.68. The van der Waals surface area contributed by atoms with Crippen molar-refractivity contribution in [2.75, 3.05) is 0 Å². The summed E-state index contributed by atoms with van der Waals surface area (Å²) in [5, 5.41) is 11.3. The van der Waals surface area contributed by atoms with E-state index in [9.17, 15) is 14.9 Å². The summed E-state index contributed by atoms with van der Waals surface area (Å²) in [6.07, 6.45) is 2.96. The lowest BCUT2D eigenvalue weighted by atomic mass is 10.1. The highest BCUT2D eigenvalue weighted by atomic mass is 79.9. The molecule has 3 aromatic rings. The first-order valence-electron chi connectivity index (χ1n) is 7.77. The highest BCUT2D eigenvalue weighted by molar-refractivity contribution is 9.10. The number of nitrogens with zero attached hydrogens (tertiary/aromatic N) is 1. The number of furan rings is 1. The molecular formula is C20H14BrNO4. The summed E-state index contributed by atoms with van der Waals surface area (Å²) in [5.74, 6) is 0.671. The van der Waals surface area contributed by atoms with E-state index in [1.807, 2.05) is 0 Å². The van der Waals surface area contributed by atoms with E-state index in [1.54, 1.807) is 61.5 Å². The number of hydrogen-bond acceptors (Lipinski definition) is 4. The molecule has 0 fully saturated rings. The topological polar surface area (TPSA) is 73.3 Å². The Bertz CT molecular complexity index is 1000. The highest BCUT2D eigenvalue weighted by Crippen LogP contribution is 2.32. The van der Waals surface area contributed by atoms with Crippen LogP contribution in [0.4, 0.5) is 5.69 Å². The van der Waals surface area contributed by atoms with Crippen LogP contribution in [0.15, 0.2) is 69.6 Å². The molecular weight excluding hydrogens is 398 g/mol. The van der Waals surface area contributed by atoms with Gasteiger partial charge in [0.1, 0.15) is 11.5 Å². The third kappa shape index (κ3) is 3.97. The fraction of sp³-hybridized carbons (Fsp3) is 0.0500. The number of nitro benzene ring substituents is 1. The maximum atomic E-state index is 12.2. The van der Waals surface area contributed by atoms with Gasteiger partial charge < -0.3 is 4.42 Å². The zero-order valence-corrected chi connectivity index (χ0v) is 15.4. The van der Waals surface area contributed by atoms with Crippen LogP contribution in [0.3, 0.4) is 0 Å². The Balaban J connectivity index is 1.83. The molecule has 0 N–H and O–H groups in total. The molecule has 5 nitrogen and oxygen atoms in total. The first-order chi connectivity index (χ1) is 12.4. The molecule has 0 unspecified atom stereocenters. The third-order valence-electron chi connectivity index (χ3n) is 3.77.